The minimum atomic E-state index is -0.680. The molecule has 0 amide bonds. The Kier molecular flexibility index (Phi) is 6.19. The van der Waals surface area contributed by atoms with Gasteiger partial charge in [0.05, 0.1) is 22.1 Å². The van der Waals surface area contributed by atoms with Gasteiger partial charge < -0.3 is 18.9 Å². The van der Waals surface area contributed by atoms with Gasteiger partial charge in [-0.25, -0.2) is 14.4 Å². The first-order chi connectivity index (χ1) is 23.9. The number of esters is 3. The topological polar surface area (TPSA) is 88.1 Å². The molecule has 7 nitrogen and oxygen atoms in total. The van der Waals surface area contributed by atoms with E-state index in [4.69, 9.17) is 18.9 Å². The van der Waals surface area contributed by atoms with Crippen LogP contribution in [-0.2, 0) is 14.9 Å². The Balaban J connectivity index is 1.10. The zero-order valence-electron chi connectivity index (χ0n) is 25.8. The molecular weight excluding hydrogens is 616 g/mol. The number of hydrogen-bond donors (Lipinski definition) is 0. The van der Waals surface area contributed by atoms with E-state index in [0.29, 0.717) is 39.9 Å². The van der Waals surface area contributed by atoms with Crippen molar-refractivity contribution in [3.05, 3.63) is 185 Å². The van der Waals surface area contributed by atoms with Gasteiger partial charge in [-0.15, -0.1) is 0 Å². The van der Waals surface area contributed by atoms with E-state index in [1.807, 2.05) is 24.3 Å². The van der Waals surface area contributed by atoms with Crippen LogP contribution in [0.3, 0.4) is 0 Å². The fourth-order valence-corrected chi connectivity index (χ4v) is 7.19. The lowest BCUT2D eigenvalue weighted by Crippen LogP contribution is -2.28. The fraction of sp³-hybridized carbons (Fsp3) is 0.0238. The van der Waals surface area contributed by atoms with Crippen LogP contribution in [0, 0.1) is 0 Å². The van der Waals surface area contributed by atoms with E-state index in [1.54, 1.807) is 24.3 Å². The molecule has 0 bridgehead atoms. The second-order valence-electron chi connectivity index (χ2n) is 12.0. The summed E-state index contributed by atoms with van der Waals surface area (Å²) in [6, 6.07) is 42.8. The van der Waals surface area contributed by atoms with Crippen LogP contribution >= 0.6 is 0 Å². The fourth-order valence-electron chi connectivity index (χ4n) is 7.19. The standard InChI is InChI=1S/C42H24O7/c1-24-31-20-18-29(22-35(31)40(44)46-24)47-27-14-10-25(11-15-27)42(37-8-4-2-6-32(37)33-7-3-5-9-38(33)42)26-12-16-28(17-13-26)48-30-19-21-34-36(23-30)41(45)49-39(34)43/h2-23H,1H2. The number of cyclic esters (lactones) is 3. The van der Waals surface area contributed by atoms with E-state index in [9.17, 15) is 14.4 Å². The molecule has 0 unspecified atom stereocenters. The molecule has 0 aromatic heterocycles. The first-order valence-electron chi connectivity index (χ1n) is 15.6. The molecule has 0 radical (unpaired) electrons. The molecule has 0 fully saturated rings. The number of rotatable bonds is 6. The average molecular weight is 641 g/mol. The minimum Gasteiger partial charge on any atom is -0.457 e. The number of hydrogen-bond acceptors (Lipinski definition) is 7. The molecular formula is C42H24O7. The highest BCUT2D eigenvalue weighted by Crippen LogP contribution is 2.56. The number of carbonyl (C=O) groups is 3. The second-order valence-corrected chi connectivity index (χ2v) is 12.0. The van der Waals surface area contributed by atoms with Crippen LogP contribution in [0.25, 0.3) is 16.9 Å². The molecule has 2 heterocycles. The minimum absolute atomic E-state index is 0.189. The summed E-state index contributed by atoms with van der Waals surface area (Å²) in [5.41, 5.74) is 7.55. The normalized spacial score (nSPS) is 14.8. The number of benzene rings is 6. The van der Waals surface area contributed by atoms with E-state index >= 15 is 0 Å². The Bertz CT molecular complexity index is 2230. The van der Waals surface area contributed by atoms with Crippen LogP contribution in [-0.4, -0.2) is 17.9 Å². The van der Waals surface area contributed by atoms with Gasteiger partial charge in [0.1, 0.15) is 28.8 Å². The summed E-state index contributed by atoms with van der Waals surface area (Å²) in [4.78, 5) is 36.2. The molecule has 6 aromatic carbocycles. The molecule has 0 spiro atoms. The van der Waals surface area contributed by atoms with Gasteiger partial charge in [0.2, 0.25) is 0 Å². The van der Waals surface area contributed by atoms with Gasteiger partial charge in [0, 0.05) is 5.56 Å². The van der Waals surface area contributed by atoms with Gasteiger partial charge in [-0.05, 0) is 94.0 Å². The molecule has 234 valence electrons. The van der Waals surface area contributed by atoms with Crippen molar-refractivity contribution in [3.63, 3.8) is 0 Å². The Morgan fingerprint density at radius 1 is 0.429 bits per heavy atom. The van der Waals surface area contributed by atoms with E-state index in [1.165, 1.54) is 12.1 Å². The average Bonchev–Trinajstić information content (AvgIpc) is 3.70. The van der Waals surface area contributed by atoms with Crippen LogP contribution in [0.2, 0.25) is 0 Å². The maximum Gasteiger partial charge on any atom is 0.347 e. The Morgan fingerprint density at radius 3 is 1.41 bits per heavy atom. The number of ether oxygens (including phenoxy) is 4. The van der Waals surface area contributed by atoms with Gasteiger partial charge in [-0.1, -0.05) is 79.4 Å². The van der Waals surface area contributed by atoms with E-state index < -0.39 is 23.3 Å². The lowest BCUT2D eigenvalue weighted by atomic mass is 9.68. The molecule has 3 aliphatic rings. The summed E-state index contributed by atoms with van der Waals surface area (Å²) in [6.45, 7) is 3.79. The van der Waals surface area contributed by atoms with Crippen molar-refractivity contribution in [3.8, 4) is 34.1 Å². The van der Waals surface area contributed by atoms with Crippen LogP contribution in [0.15, 0.2) is 140 Å². The third kappa shape index (κ3) is 4.33. The van der Waals surface area contributed by atoms with Gasteiger partial charge in [0.25, 0.3) is 0 Å². The highest BCUT2D eigenvalue weighted by molar-refractivity contribution is 6.14. The summed E-state index contributed by atoms with van der Waals surface area (Å²) >= 11 is 0. The second kappa shape index (κ2) is 10.7. The lowest BCUT2D eigenvalue weighted by molar-refractivity contribution is 0.0443. The van der Waals surface area contributed by atoms with Gasteiger partial charge in [0.15, 0.2) is 0 Å². The Morgan fingerprint density at radius 2 is 0.857 bits per heavy atom. The molecule has 0 atom stereocenters. The van der Waals surface area contributed by atoms with Crippen molar-refractivity contribution >= 4 is 23.7 Å². The number of fused-ring (bicyclic) bond motifs is 5. The van der Waals surface area contributed by atoms with E-state index in [0.717, 1.165) is 33.4 Å². The molecule has 1 aliphatic carbocycles. The van der Waals surface area contributed by atoms with Crippen LogP contribution in [0.5, 0.6) is 23.0 Å². The highest BCUT2D eigenvalue weighted by atomic mass is 16.6. The molecule has 0 saturated carbocycles. The van der Waals surface area contributed by atoms with Crippen LogP contribution in [0.4, 0.5) is 0 Å². The first-order valence-corrected chi connectivity index (χ1v) is 15.6. The summed E-state index contributed by atoms with van der Waals surface area (Å²) in [5.74, 6) is 0.697. The molecule has 7 heteroatoms. The van der Waals surface area contributed by atoms with Crippen molar-refractivity contribution in [2.24, 2.45) is 0 Å². The molecule has 49 heavy (non-hydrogen) atoms. The van der Waals surface area contributed by atoms with Gasteiger partial charge in [-0.2, -0.15) is 0 Å². The van der Waals surface area contributed by atoms with Crippen molar-refractivity contribution in [2.45, 2.75) is 5.41 Å². The molecule has 2 aliphatic heterocycles. The van der Waals surface area contributed by atoms with Crippen LogP contribution < -0.4 is 9.47 Å². The van der Waals surface area contributed by atoms with E-state index in [2.05, 4.69) is 79.4 Å². The summed E-state index contributed by atoms with van der Waals surface area (Å²) in [7, 11) is 0. The predicted molar refractivity (Wildman–Crippen MR) is 181 cm³/mol. The molecule has 0 saturated heterocycles. The maximum absolute atomic E-state index is 12.2. The third-order valence-electron chi connectivity index (χ3n) is 9.34. The van der Waals surface area contributed by atoms with Crippen LogP contribution in [0.1, 0.15) is 58.9 Å². The predicted octanol–water partition coefficient (Wildman–Crippen LogP) is 9.09. The number of carbonyl (C=O) groups excluding carboxylic acids is 3. The van der Waals surface area contributed by atoms with Gasteiger partial charge >= 0.3 is 17.9 Å². The van der Waals surface area contributed by atoms with Gasteiger partial charge in [-0.3, -0.25) is 0 Å². The largest absolute Gasteiger partial charge is 0.457 e. The summed E-state index contributed by atoms with van der Waals surface area (Å²) < 4.78 is 22.2. The highest BCUT2D eigenvalue weighted by Gasteiger charge is 2.46. The monoisotopic (exact) mass is 640 g/mol. The van der Waals surface area contributed by atoms with E-state index in [-0.39, 0.29) is 11.1 Å². The molecule has 6 aromatic rings. The Labute approximate surface area is 280 Å². The lowest BCUT2D eigenvalue weighted by Gasteiger charge is -2.34. The zero-order chi connectivity index (χ0) is 33.3. The smallest absolute Gasteiger partial charge is 0.347 e. The maximum atomic E-state index is 12.2. The Hall–Kier alpha value is -6.73. The quantitative estimate of drug-likeness (QED) is 0.132. The van der Waals surface area contributed by atoms with Crippen molar-refractivity contribution in [1.82, 2.24) is 0 Å². The molecule has 9 rings (SSSR count). The molecule has 0 N–H and O–H groups in total. The van der Waals surface area contributed by atoms with Crippen molar-refractivity contribution < 1.29 is 33.3 Å². The summed E-state index contributed by atoms with van der Waals surface area (Å²) in [6.07, 6.45) is 0. The zero-order valence-corrected chi connectivity index (χ0v) is 25.8. The summed E-state index contributed by atoms with van der Waals surface area (Å²) in [5, 5.41) is 0. The third-order valence-corrected chi connectivity index (χ3v) is 9.34. The van der Waals surface area contributed by atoms with Crippen molar-refractivity contribution in [2.75, 3.05) is 0 Å². The first kappa shape index (κ1) is 28.5. The SMILES string of the molecule is C=C1OC(=O)c2cc(Oc3ccc(C4(c5ccc(Oc6ccc7c(c6)C(=O)OC7=O)cc5)c5ccccc5-c5ccccc54)cc3)ccc21. The van der Waals surface area contributed by atoms with Crippen molar-refractivity contribution in [1.29, 1.82) is 0 Å².